The molecule has 1 atom stereocenters. The van der Waals surface area contributed by atoms with Crippen LogP contribution in [0.25, 0.3) is 0 Å². The number of hydrogen-bond donors (Lipinski definition) is 2. The lowest BCUT2D eigenvalue weighted by molar-refractivity contribution is 0.331. The molecule has 1 aromatic rings. The second-order valence-corrected chi connectivity index (χ2v) is 3.06. The van der Waals surface area contributed by atoms with Crippen LogP contribution in [-0.2, 0) is 0 Å². The van der Waals surface area contributed by atoms with Crippen LogP contribution in [-0.4, -0.2) is 11.7 Å². The van der Waals surface area contributed by atoms with Crippen molar-refractivity contribution in [1.29, 1.82) is 0 Å². The quantitative estimate of drug-likeness (QED) is 0.605. The third-order valence-corrected chi connectivity index (χ3v) is 2.15. The molecule has 0 spiro atoms. The molecule has 3 N–H and O–H groups in total. The summed E-state index contributed by atoms with van der Waals surface area (Å²) in [6, 6.07) is 3.30. The summed E-state index contributed by atoms with van der Waals surface area (Å²) in [5.41, 5.74) is 7.50. The molecule has 0 aliphatic carbocycles. The molecule has 3 heteroatoms. The Kier molecular flexibility index (Phi) is 1.48. The fraction of sp³-hybridized carbons (Fsp3) is 0.333. The molecule has 1 aliphatic heterocycles. The molecule has 0 radical (unpaired) electrons. The Bertz CT molecular complexity index is 323. The van der Waals surface area contributed by atoms with Crippen molar-refractivity contribution in [3.8, 4) is 11.5 Å². The van der Waals surface area contributed by atoms with Gasteiger partial charge in [0.2, 0.25) is 0 Å². The van der Waals surface area contributed by atoms with Crippen LogP contribution in [0.4, 0.5) is 0 Å². The third-order valence-electron chi connectivity index (χ3n) is 2.15. The Balaban J connectivity index is 2.64. The lowest BCUT2D eigenvalue weighted by Crippen LogP contribution is -2.10. The normalized spacial score (nSPS) is 20.3. The maximum atomic E-state index is 9.47. The van der Waals surface area contributed by atoms with Crippen molar-refractivity contribution in [2.45, 2.75) is 13.0 Å². The fourth-order valence-corrected chi connectivity index (χ4v) is 1.50. The summed E-state index contributed by atoms with van der Waals surface area (Å²) in [4.78, 5) is 0. The van der Waals surface area contributed by atoms with E-state index in [0.29, 0.717) is 6.61 Å². The van der Waals surface area contributed by atoms with Crippen molar-refractivity contribution < 1.29 is 9.84 Å². The van der Waals surface area contributed by atoms with Gasteiger partial charge in [-0.1, -0.05) is 6.07 Å². The van der Waals surface area contributed by atoms with Crippen molar-refractivity contribution in [1.82, 2.24) is 0 Å². The van der Waals surface area contributed by atoms with Crippen molar-refractivity contribution >= 4 is 0 Å². The van der Waals surface area contributed by atoms with Gasteiger partial charge in [0, 0.05) is 0 Å². The van der Waals surface area contributed by atoms with Gasteiger partial charge in [-0.25, -0.2) is 0 Å². The summed E-state index contributed by atoms with van der Waals surface area (Å²) in [7, 11) is 0. The molecule has 1 heterocycles. The first-order valence-electron chi connectivity index (χ1n) is 3.91. The zero-order chi connectivity index (χ0) is 8.72. The van der Waals surface area contributed by atoms with Crippen LogP contribution in [0.3, 0.4) is 0 Å². The molecule has 64 valence electrons. The second kappa shape index (κ2) is 2.38. The number of aromatic hydroxyl groups is 1. The van der Waals surface area contributed by atoms with E-state index < -0.39 is 0 Å². The van der Waals surface area contributed by atoms with Crippen LogP contribution in [0.2, 0.25) is 0 Å². The minimum atomic E-state index is -0.181. The second-order valence-electron chi connectivity index (χ2n) is 3.06. The minimum Gasteiger partial charge on any atom is -0.507 e. The van der Waals surface area contributed by atoms with Crippen LogP contribution in [0.1, 0.15) is 17.2 Å². The van der Waals surface area contributed by atoms with Gasteiger partial charge < -0.3 is 15.6 Å². The van der Waals surface area contributed by atoms with Crippen molar-refractivity contribution in [3.05, 3.63) is 23.3 Å². The molecular formula is C9H11NO2. The molecule has 0 bridgehead atoms. The van der Waals surface area contributed by atoms with Crippen molar-refractivity contribution in [2.75, 3.05) is 6.61 Å². The molecule has 1 aromatic carbocycles. The number of fused-ring (bicyclic) bond motifs is 1. The summed E-state index contributed by atoms with van der Waals surface area (Å²) in [6.07, 6.45) is 0. The molecular weight excluding hydrogens is 154 g/mol. The molecule has 0 amide bonds. The van der Waals surface area contributed by atoms with Crippen LogP contribution < -0.4 is 10.5 Å². The maximum Gasteiger partial charge on any atom is 0.130 e. The van der Waals surface area contributed by atoms with Gasteiger partial charge in [0.15, 0.2) is 0 Å². The Morgan fingerprint density at radius 3 is 3.00 bits per heavy atom. The molecule has 1 aliphatic rings. The molecule has 0 unspecified atom stereocenters. The molecule has 0 fully saturated rings. The minimum absolute atomic E-state index is 0.181. The maximum absolute atomic E-state index is 9.47. The Morgan fingerprint density at radius 1 is 1.58 bits per heavy atom. The van der Waals surface area contributed by atoms with E-state index in [0.717, 1.165) is 16.9 Å². The first kappa shape index (κ1) is 7.43. The predicted molar refractivity (Wildman–Crippen MR) is 45.3 cm³/mol. The highest BCUT2D eigenvalue weighted by Gasteiger charge is 2.25. The number of rotatable bonds is 0. The lowest BCUT2D eigenvalue weighted by Gasteiger charge is -2.05. The van der Waals surface area contributed by atoms with Crippen LogP contribution in [0.5, 0.6) is 11.5 Å². The molecule has 0 saturated heterocycles. The van der Waals surface area contributed by atoms with Gasteiger partial charge in [-0.05, 0) is 18.6 Å². The zero-order valence-electron chi connectivity index (χ0n) is 6.87. The number of nitrogens with two attached hydrogens (primary N) is 1. The number of aryl methyl sites for hydroxylation is 1. The third kappa shape index (κ3) is 0.865. The van der Waals surface area contributed by atoms with E-state index in [2.05, 4.69) is 0 Å². The van der Waals surface area contributed by atoms with E-state index in [-0.39, 0.29) is 11.8 Å². The van der Waals surface area contributed by atoms with Gasteiger partial charge in [0.05, 0.1) is 11.6 Å². The summed E-state index contributed by atoms with van der Waals surface area (Å²) in [5.74, 6) is 0.989. The Hall–Kier alpha value is -1.22. The highest BCUT2D eigenvalue weighted by Crippen LogP contribution is 2.39. The van der Waals surface area contributed by atoms with Gasteiger partial charge in [0.25, 0.3) is 0 Å². The highest BCUT2D eigenvalue weighted by molar-refractivity contribution is 5.52. The van der Waals surface area contributed by atoms with Gasteiger partial charge in [-0.3, -0.25) is 0 Å². The fourth-order valence-electron chi connectivity index (χ4n) is 1.50. The monoisotopic (exact) mass is 165 g/mol. The summed E-state index contributed by atoms with van der Waals surface area (Å²) in [6.45, 7) is 2.41. The number of phenols is 1. The van der Waals surface area contributed by atoms with E-state index in [1.54, 1.807) is 6.07 Å². The first-order chi connectivity index (χ1) is 5.70. The molecule has 12 heavy (non-hydrogen) atoms. The molecule has 0 saturated carbocycles. The van der Waals surface area contributed by atoms with E-state index in [4.69, 9.17) is 10.5 Å². The van der Waals surface area contributed by atoms with Crippen LogP contribution in [0.15, 0.2) is 12.1 Å². The Labute approximate surface area is 70.8 Å². The van der Waals surface area contributed by atoms with Crippen molar-refractivity contribution in [3.63, 3.8) is 0 Å². The van der Waals surface area contributed by atoms with E-state index in [9.17, 15) is 5.11 Å². The smallest absolute Gasteiger partial charge is 0.130 e. The Morgan fingerprint density at radius 2 is 2.33 bits per heavy atom. The van der Waals surface area contributed by atoms with E-state index in [1.807, 2.05) is 13.0 Å². The highest BCUT2D eigenvalue weighted by atomic mass is 16.5. The number of phenolic OH excluding ortho intramolecular Hbond substituents is 1. The SMILES string of the molecule is Cc1ccc(O)c2c1OC[C@H]2N. The average Bonchev–Trinajstić information content (AvgIpc) is 2.42. The van der Waals surface area contributed by atoms with E-state index in [1.165, 1.54) is 0 Å². The number of hydrogen-bond acceptors (Lipinski definition) is 3. The zero-order valence-corrected chi connectivity index (χ0v) is 6.87. The summed E-state index contributed by atoms with van der Waals surface area (Å²) < 4.78 is 5.34. The average molecular weight is 165 g/mol. The van der Waals surface area contributed by atoms with Gasteiger partial charge in [0.1, 0.15) is 18.1 Å². The summed E-state index contributed by atoms with van der Waals surface area (Å²) in [5, 5.41) is 9.47. The lowest BCUT2D eigenvalue weighted by atomic mass is 10.1. The van der Waals surface area contributed by atoms with Crippen LogP contribution >= 0.6 is 0 Å². The largest absolute Gasteiger partial charge is 0.507 e. The van der Waals surface area contributed by atoms with E-state index >= 15 is 0 Å². The van der Waals surface area contributed by atoms with Gasteiger partial charge in [-0.2, -0.15) is 0 Å². The first-order valence-corrected chi connectivity index (χ1v) is 3.91. The van der Waals surface area contributed by atoms with Crippen LogP contribution in [0, 0.1) is 6.92 Å². The molecule has 0 aromatic heterocycles. The predicted octanol–water partition coefficient (Wildman–Crippen LogP) is 1.09. The molecule has 3 nitrogen and oxygen atoms in total. The standard InChI is InChI=1S/C9H11NO2/c1-5-2-3-7(11)8-6(10)4-12-9(5)8/h2-3,6,11H,4,10H2,1H3/t6-/m1/s1. The molecule has 2 rings (SSSR count). The summed E-state index contributed by atoms with van der Waals surface area (Å²) >= 11 is 0. The van der Waals surface area contributed by atoms with Gasteiger partial charge in [-0.15, -0.1) is 0 Å². The van der Waals surface area contributed by atoms with Crippen molar-refractivity contribution in [2.24, 2.45) is 5.73 Å². The topological polar surface area (TPSA) is 55.5 Å². The number of benzene rings is 1. The van der Waals surface area contributed by atoms with Gasteiger partial charge >= 0.3 is 0 Å². The number of ether oxygens (including phenoxy) is 1.